The molecule has 7 nitrogen and oxygen atoms in total. The molecular weight excluding hydrogens is 408 g/mol. The van der Waals surface area contributed by atoms with E-state index in [1.54, 1.807) is 49.6 Å². The van der Waals surface area contributed by atoms with E-state index in [0.717, 1.165) is 5.56 Å². The zero-order valence-electron chi connectivity index (χ0n) is 18.6. The Kier molecular flexibility index (Phi) is 6.88. The van der Waals surface area contributed by atoms with Crippen LogP contribution in [-0.4, -0.2) is 27.3 Å². The van der Waals surface area contributed by atoms with Crippen LogP contribution in [0.1, 0.15) is 48.8 Å². The molecule has 7 heteroatoms. The fourth-order valence-electron chi connectivity index (χ4n) is 3.19. The predicted octanol–water partition coefficient (Wildman–Crippen LogP) is 4.89. The molecule has 0 spiro atoms. The van der Waals surface area contributed by atoms with Crippen LogP contribution in [0.3, 0.4) is 0 Å². The number of ketones is 1. The maximum atomic E-state index is 12.5. The van der Waals surface area contributed by atoms with Gasteiger partial charge < -0.3 is 14.6 Å². The summed E-state index contributed by atoms with van der Waals surface area (Å²) in [7, 11) is 0. The maximum Gasteiger partial charge on any atom is 0.298 e. The Balaban J connectivity index is 1.75. The lowest BCUT2D eigenvalue weighted by atomic mass is 9.87. The minimum Gasteiger partial charge on any atom is -0.507 e. The van der Waals surface area contributed by atoms with Crippen molar-refractivity contribution in [1.82, 2.24) is 9.97 Å². The van der Waals surface area contributed by atoms with Crippen molar-refractivity contribution >= 4 is 12.3 Å². The molecular formula is C25H26N2O5. The number of carbonyl (C=O) groups is 2. The summed E-state index contributed by atoms with van der Waals surface area (Å²) < 4.78 is 10.7. The smallest absolute Gasteiger partial charge is 0.298 e. The van der Waals surface area contributed by atoms with Gasteiger partial charge in [0.05, 0.1) is 29.3 Å². The standard InChI is InChI=1S/C25H26N2O5/c1-16-23(9-8-20(24(16)30)22(29)11-25(2,3)4)31-14-18-12-26-13-21(27-18)17-6-5-7-19(10-17)32-15-28/h5-10,12-13,15,30H,11,14H2,1-4H3. The number of aromatic hydroxyl groups is 1. The van der Waals surface area contributed by atoms with Gasteiger partial charge in [-0.15, -0.1) is 0 Å². The lowest BCUT2D eigenvalue weighted by molar-refractivity contribution is -0.120. The Morgan fingerprint density at radius 2 is 1.94 bits per heavy atom. The highest BCUT2D eigenvalue weighted by atomic mass is 16.5. The predicted molar refractivity (Wildman–Crippen MR) is 120 cm³/mol. The molecule has 1 aromatic heterocycles. The van der Waals surface area contributed by atoms with Crippen molar-refractivity contribution in [2.45, 2.75) is 40.7 Å². The van der Waals surface area contributed by atoms with Crippen LogP contribution in [0.25, 0.3) is 11.3 Å². The zero-order chi connectivity index (χ0) is 23.3. The number of hydrogen-bond acceptors (Lipinski definition) is 7. The molecule has 3 rings (SSSR count). The molecule has 0 aliphatic rings. The number of carbonyl (C=O) groups excluding carboxylic acids is 2. The first-order valence-corrected chi connectivity index (χ1v) is 10.2. The Bertz CT molecular complexity index is 1140. The van der Waals surface area contributed by atoms with Gasteiger partial charge in [0.25, 0.3) is 6.47 Å². The van der Waals surface area contributed by atoms with Crippen molar-refractivity contribution < 1.29 is 24.2 Å². The number of phenols is 1. The molecule has 2 aromatic carbocycles. The summed E-state index contributed by atoms with van der Waals surface area (Å²) in [5.74, 6) is 0.698. The summed E-state index contributed by atoms with van der Waals surface area (Å²) >= 11 is 0. The van der Waals surface area contributed by atoms with Gasteiger partial charge in [-0.1, -0.05) is 32.9 Å². The monoisotopic (exact) mass is 434 g/mol. The SMILES string of the molecule is Cc1c(OCc2cncc(-c3cccc(OC=O)c3)n2)ccc(C(=O)CC(C)(C)C)c1O. The second-order valence-electron chi connectivity index (χ2n) is 8.67. The fraction of sp³-hybridized carbons (Fsp3) is 0.280. The molecule has 32 heavy (non-hydrogen) atoms. The third-order valence-electron chi connectivity index (χ3n) is 4.75. The van der Waals surface area contributed by atoms with Gasteiger partial charge in [0.15, 0.2) is 5.78 Å². The molecule has 0 aliphatic heterocycles. The van der Waals surface area contributed by atoms with Crippen LogP contribution in [0.2, 0.25) is 0 Å². The summed E-state index contributed by atoms with van der Waals surface area (Å²) in [6, 6.07) is 10.2. The van der Waals surface area contributed by atoms with Crippen LogP contribution in [0.15, 0.2) is 48.8 Å². The average molecular weight is 434 g/mol. The van der Waals surface area contributed by atoms with E-state index in [1.165, 1.54) is 0 Å². The minimum atomic E-state index is -0.171. The van der Waals surface area contributed by atoms with Crippen molar-refractivity contribution in [3.63, 3.8) is 0 Å². The summed E-state index contributed by atoms with van der Waals surface area (Å²) in [6.45, 7) is 8.14. The van der Waals surface area contributed by atoms with Gasteiger partial charge in [-0.2, -0.15) is 0 Å². The molecule has 0 radical (unpaired) electrons. The van der Waals surface area contributed by atoms with Gasteiger partial charge in [0.1, 0.15) is 23.9 Å². The number of phenolic OH excluding ortho intramolecular Hbond substituents is 1. The largest absolute Gasteiger partial charge is 0.507 e. The van der Waals surface area contributed by atoms with Crippen molar-refractivity contribution in [2.24, 2.45) is 5.41 Å². The molecule has 3 aromatic rings. The van der Waals surface area contributed by atoms with Crippen LogP contribution in [0.5, 0.6) is 17.2 Å². The van der Waals surface area contributed by atoms with E-state index in [9.17, 15) is 14.7 Å². The van der Waals surface area contributed by atoms with E-state index in [2.05, 4.69) is 9.97 Å². The number of Topliss-reactive ketones (excluding diaryl/α,β-unsaturated/α-hetero) is 1. The summed E-state index contributed by atoms with van der Waals surface area (Å²) in [6.07, 6.45) is 3.53. The summed E-state index contributed by atoms with van der Waals surface area (Å²) in [5.41, 5.74) is 2.54. The molecule has 0 fully saturated rings. The van der Waals surface area contributed by atoms with Gasteiger partial charge in [-0.3, -0.25) is 14.6 Å². The van der Waals surface area contributed by atoms with Gasteiger partial charge >= 0.3 is 0 Å². The molecule has 1 heterocycles. The van der Waals surface area contributed by atoms with E-state index in [1.807, 2.05) is 26.8 Å². The third-order valence-corrected chi connectivity index (χ3v) is 4.75. The highest BCUT2D eigenvalue weighted by molar-refractivity contribution is 5.99. The van der Waals surface area contributed by atoms with E-state index in [-0.39, 0.29) is 23.6 Å². The minimum absolute atomic E-state index is 0.0661. The maximum absolute atomic E-state index is 12.5. The number of hydrogen-bond donors (Lipinski definition) is 1. The lowest BCUT2D eigenvalue weighted by Crippen LogP contribution is -2.13. The molecule has 0 bridgehead atoms. The third kappa shape index (κ3) is 5.69. The van der Waals surface area contributed by atoms with Crippen molar-refractivity contribution in [3.8, 4) is 28.5 Å². The molecule has 0 aliphatic carbocycles. The molecule has 0 amide bonds. The van der Waals surface area contributed by atoms with Gasteiger partial charge in [-0.25, -0.2) is 4.98 Å². The Hall–Kier alpha value is -3.74. The van der Waals surface area contributed by atoms with E-state index in [4.69, 9.17) is 9.47 Å². The van der Waals surface area contributed by atoms with Gasteiger partial charge in [0.2, 0.25) is 0 Å². The first-order chi connectivity index (χ1) is 15.2. The Morgan fingerprint density at radius 3 is 2.66 bits per heavy atom. The van der Waals surface area contributed by atoms with Crippen molar-refractivity contribution in [1.29, 1.82) is 0 Å². The number of ether oxygens (including phenoxy) is 2. The van der Waals surface area contributed by atoms with E-state index < -0.39 is 0 Å². The molecule has 1 N–H and O–H groups in total. The first kappa shape index (κ1) is 22.9. The number of nitrogens with zero attached hydrogens (tertiary/aromatic N) is 2. The van der Waals surface area contributed by atoms with Crippen LogP contribution in [0, 0.1) is 12.3 Å². The molecule has 0 saturated carbocycles. The van der Waals surface area contributed by atoms with Crippen molar-refractivity contribution in [3.05, 3.63) is 65.6 Å². The summed E-state index contributed by atoms with van der Waals surface area (Å²) in [5, 5.41) is 10.5. The second-order valence-corrected chi connectivity index (χ2v) is 8.67. The molecule has 0 unspecified atom stereocenters. The average Bonchev–Trinajstić information content (AvgIpc) is 2.74. The zero-order valence-corrected chi connectivity index (χ0v) is 18.6. The number of aromatic nitrogens is 2. The summed E-state index contributed by atoms with van der Waals surface area (Å²) in [4.78, 5) is 31.8. The number of rotatable bonds is 8. The Labute approximate surface area is 187 Å². The van der Waals surface area contributed by atoms with Crippen LogP contribution >= 0.6 is 0 Å². The first-order valence-electron chi connectivity index (χ1n) is 10.2. The van der Waals surface area contributed by atoms with E-state index in [0.29, 0.717) is 46.9 Å². The van der Waals surface area contributed by atoms with Crippen LogP contribution < -0.4 is 9.47 Å². The fourth-order valence-corrected chi connectivity index (χ4v) is 3.19. The van der Waals surface area contributed by atoms with Crippen LogP contribution in [-0.2, 0) is 11.4 Å². The topological polar surface area (TPSA) is 98.6 Å². The quantitative estimate of drug-likeness (QED) is 0.398. The van der Waals surface area contributed by atoms with Gasteiger partial charge in [-0.05, 0) is 36.6 Å². The molecule has 0 atom stereocenters. The Morgan fingerprint density at radius 1 is 1.16 bits per heavy atom. The normalized spacial score (nSPS) is 11.1. The van der Waals surface area contributed by atoms with Gasteiger partial charge in [0, 0.05) is 17.5 Å². The second kappa shape index (κ2) is 9.60. The lowest BCUT2D eigenvalue weighted by Gasteiger charge is -2.18. The van der Waals surface area contributed by atoms with E-state index >= 15 is 0 Å². The molecule has 0 saturated heterocycles. The van der Waals surface area contributed by atoms with Crippen LogP contribution in [0.4, 0.5) is 0 Å². The highest BCUT2D eigenvalue weighted by Gasteiger charge is 2.21. The number of benzene rings is 2. The van der Waals surface area contributed by atoms with Crippen molar-refractivity contribution in [2.75, 3.05) is 0 Å². The molecule has 166 valence electrons. The highest BCUT2D eigenvalue weighted by Crippen LogP contribution is 2.33.